The topological polar surface area (TPSA) is 66.0 Å². The van der Waals surface area contributed by atoms with Crippen molar-refractivity contribution >= 4 is 0 Å². The van der Waals surface area contributed by atoms with E-state index in [1.54, 1.807) is 4.68 Å². The molecule has 1 aromatic rings. The van der Waals surface area contributed by atoms with Gasteiger partial charge in [0.15, 0.2) is 0 Å². The van der Waals surface area contributed by atoms with Gasteiger partial charge in [0.05, 0.1) is 5.69 Å². The zero-order valence-electron chi connectivity index (χ0n) is 9.09. The van der Waals surface area contributed by atoms with E-state index in [9.17, 15) is 0 Å². The van der Waals surface area contributed by atoms with Crippen molar-refractivity contribution in [1.29, 1.82) is 0 Å². The van der Waals surface area contributed by atoms with Gasteiger partial charge in [-0.3, -0.25) is 4.68 Å². The number of aryl methyl sites for hydroxylation is 1. The molecule has 1 fully saturated rings. The number of nitrogens with two attached hydrogens (primary N) is 1. The molecular formula is C10H18N4O. The Morgan fingerprint density at radius 1 is 1.73 bits per heavy atom. The number of nitrogens with zero attached hydrogens (tertiary/aromatic N) is 3. The minimum Gasteiger partial charge on any atom is -0.381 e. The van der Waals surface area contributed by atoms with Crippen LogP contribution < -0.4 is 5.73 Å². The maximum atomic E-state index is 6.06. The molecule has 1 aromatic heterocycles. The lowest BCUT2D eigenvalue weighted by atomic mass is 9.97. The molecule has 0 aliphatic carbocycles. The van der Waals surface area contributed by atoms with Crippen molar-refractivity contribution in [2.75, 3.05) is 13.2 Å². The van der Waals surface area contributed by atoms with E-state index < -0.39 is 0 Å². The fourth-order valence-electron chi connectivity index (χ4n) is 2.04. The van der Waals surface area contributed by atoms with Crippen molar-refractivity contribution in [1.82, 2.24) is 15.0 Å². The molecule has 2 rings (SSSR count). The highest BCUT2D eigenvalue weighted by atomic mass is 16.5. The third-order valence-corrected chi connectivity index (χ3v) is 2.78. The summed E-state index contributed by atoms with van der Waals surface area (Å²) >= 11 is 0. The normalized spacial score (nSPS) is 23.2. The van der Waals surface area contributed by atoms with Crippen molar-refractivity contribution in [3.63, 3.8) is 0 Å². The molecule has 2 unspecified atom stereocenters. The summed E-state index contributed by atoms with van der Waals surface area (Å²) in [6.07, 6.45) is 4.90. The van der Waals surface area contributed by atoms with Gasteiger partial charge in [-0.1, -0.05) is 5.21 Å². The second kappa shape index (κ2) is 4.72. The number of hydrogen-bond acceptors (Lipinski definition) is 4. The van der Waals surface area contributed by atoms with Crippen LogP contribution in [0.2, 0.25) is 0 Å². The van der Waals surface area contributed by atoms with Crippen LogP contribution in [-0.2, 0) is 18.2 Å². The lowest BCUT2D eigenvalue weighted by Gasteiger charge is -2.13. The van der Waals surface area contributed by atoms with Gasteiger partial charge in [-0.25, -0.2) is 0 Å². The lowest BCUT2D eigenvalue weighted by molar-refractivity contribution is 0.182. The first-order valence-corrected chi connectivity index (χ1v) is 5.42. The van der Waals surface area contributed by atoms with Crippen LogP contribution in [0, 0.1) is 5.92 Å². The Morgan fingerprint density at radius 2 is 2.60 bits per heavy atom. The van der Waals surface area contributed by atoms with Crippen LogP contribution >= 0.6 is 0 Å². The second-order valence-electron chi connectivity index (χ2n) is 4.31. The average molecular weight is 210 g/mol. The molecule has 0 amide bonds. The van der Waals surface area contributed by atoms with Gasteiger partial charge in [-0.05, 0) is 18.8 Å². The van der Waals surface area contributed by atoms with E-state index in [0.717, 1.165) is 38.2 Å². The van der Waals surface area contributed by atoms with E-state index in [0.29, 0.717) is 5.92 Å². The molecule has 1 aliphatic rings. The van der Waals surface area contributed by atoms with E-state index in [2.05, 4.69) is 10.3 Å². The molecular weight excluding hydrogens is 192 g/mol. The quantitative estimate of drug-likeness (QED) is 0.766. The number of rotatable bonds is 4. The fourth-order valence-corrected chi connectivity index (χ4v) is 2.04. The van der Waals surface area contributed by atoms with E-state index in [1.165, 1.54) is 0 Å². The van der Waals surface area contributed by atoms with Crippen LogP contribution in [0.25, 0.3) is 0 Å². The Bertz CT molecular complexity index is 306. The zero-order chi connectivity index (χ0) is 10.7. The van der Waals surface area contributed by atoms with Crippen LogP contribution in [0.1, 0.15) is 18.5 Å². The van der Waals surface area contributed by atoms with E-state index >= 15 is 0 Å². The van der Waals surface area contributed by atoms with Gasteiger partial charge in [0, 0.05) is 38.9 Å². The Kier molecular flexibility index (Phi) is 3.33. The second-order valence-corrected chi connectivity index (χ2v) is 4.31. The molecule has 5 nitrogen and oxygen atoms in total. The summed E-state index contributed by atoms with van der Waals surface area (Å²) in [5.74, 6) is 0.636. The summed E-state index contributed by atoms with van der Waals surface area (Å²) in [7, 11) is 1.87. The van der Waals surface area contributed by atoms with Gasteiger partial charge in [0.25, 0.3) is 0 Å². The molecule has 0 spiro atoms. The SMILES string of the molecule is Cn1cc(CC(N)CC2CCOC2)nn1. The predicted molar refractivity (Wildman–Crippen MR) is 56.2 cm³/mol. The fraction of sp³-hybridized carbons (Fsp3) is 0.800. The Balaban J connectivity index is 1.78. The summed E-state index contributed by atoms with van der Waals surface area (Å²) < 4.78 is 7.03. The van der Waals surface area contributed by atoms with Crippen LogP contribution in [0.15, 0.2) is 6.20 Å². The molecule has 2 heterocycles. The van der Waals surface area contributed by atoms with Crippen LogP contribution in [0.3, 0.4) is 0 Å². The summed E-state index contributed by atoms with van der Waals surface area (Å²) in [6.45, 7) is 1.76. The van der Waals surface area contributed by atoms with Gasteiger partial charge in [0.2, 0.25) is 0 Å². The van der Waals surface area contributed by atoms with E-state index in [-0.39, 0.29) is 6.04 Å². The summed E-state index contributed by atoms with van der Waals surface area (Å²) in [4.78, 5) is 0. The molecule has 5 heteroatoms. The zero-order valence-corrected chi connectivity index (χ0v) is 9.09. The molecule has 1 aliphatic heterocycles. The van der Waals surface area contributed by atoms with Crippen molar-refractivity contribution in [2.24, 2.45) is 18.7 Å². The predicted octanol–water partition coefficient (Wildman–Crippen LogP) is 0.111. The van der Waals surface area contributed by atoms with E-state index in [1.807, 2.05) is 13.2 Å². The summed E-state index contributed by atoms with van der Waals surface area (Å²) in [5, 5.41) is 7.92. The highest BCUT2D eigenvalue weighted by molar-refractivity contribution is 4.95. The highest BCUT2D eigenvalue weighted by Crippen LogP contribution is 2.18. The molecule has 84 valence electrons. The Hall–Kier alpha value is -0.940. The Labute approximate surface area is 89.6 Å². The molecule has 0 radical (unpaired) electrons. The van der Waals surface area contributed by atoms with Gasteiger partial charge in [0.1, 0.15) is 0 Å². The summed E-state index contributed by atoms with van der Waals surface area (Å²) in [5.41, 5.74) is 7.04. The van der Waals surface area contributed by atoms with Crippen molar-refractivity contribution in [3.05, 3.63) is 11.9 Å². The molecule has 15 heavy (non-hydrogen) atoms. The average Bonchev–Trinajstić information content (AvgIpc) is 2.77. The smallest absolute Gasteiger partial charge is 0.0842 e. The first-order chi connectivity index (χ1) is 7.24. The van der Waals surface area contributed by atoms with Crippen LogP contribution in [0.5, 0.6) is 0 Å². The number of hydrogen-bond donors (Lipinski definition) is 1. The van der Waals surface area contributed by atoms with E-state index in [4.69, 9.17) is 10.5 Å². The monoisotopic (exact) mass is 210 g/mol. The van der Waals surface area contributed by atoms with Crippen molar-refractivity contribution < 1.29 is 4.74 Å². The summed E-state index contributed by atoms with van der Waals surface area (Å²) in [6, 6.07) is 0.174. The Morgan fingerprint density at radius 3 is 3.20 bits per heavy atom. The number of aromatic nitrogens is 3. The van der Waals surface area contributed by atoms with Gasteiger partial charge in [-0.15, -0.1) is 5.10 Å². The van der Waals surface area contributed by atoms with Gasteiger partial charge >= 0.3 is 0 Å². The maximum absolute atomic E-state index is 6.06. The van der Waals surface area contributed by atoms with Crippen molar-refractivity contribution in [3.8, 4) is 0 Å². The lowest BCUT2D eigenvalue weighted by Crippen LogP contribution is -2.26. The molecule has 2 atom stereocenters. The molecule has 1 saturated heterocycles. The molecule has 0 aromatic carbocycles. The van der Waals surface area contributed by atoms with Gasteiger partial charge in [-0.2, -0.15) is 0 Å². The highest BCUT2D eigenvalue weighted by Gasteiger charge is 2.19. The minimum atomic E-state index is 0.174. The minimum absolute atomic E-state index is 0.174. The molecule has 0 bridgehead atoms. The van der Waals surface area contributed by atoms with Crippen LogP contribution in [0.4, 0.5) is 0 Å². The molecule has 0 saturated carbocycles. The maximum Gasteiger partial charge on any atom is 0.0842 e. The first kappa shape index (κ1) is 10.6. The third-order valence-electron chi connectivity index (χ3n) is 2.78. The first-order valence-electron chi connectivity index (χ1n) is 5.42. The standard InChI is InChI=1S/C10H18N4O/c1-14-6-10(12-13-14)5-9(11)4-8-2-3-15-7-8/h6,8-9H,2-5,7,11H2,1H3. The number of ether oxygens (including phenoxy) is 1. The van der Waals surface area contributed by atoms with Crippen molar-refractivity contribution in [2.45, 2.75) is 25.3 Å². The largest absolute Gasteiger partial charge is 0.381 e. The molecule has 2 N–H and O–H groups in total. The van der Waals surface area contributed by atoms with Crippen LogP contribution in [-0.4, -0.2) is 34.2 Å². The van der Waals surface area contributed by atoms with Gasteiger partial charge < -0.3 is 10.5 Å². The third kappa shape index (κ3) is 3.00.